The Morgan fingerprint density at radius 2 is 0.636 bits per heavy atom. The van der Waals surface area contributed by atoms with Gasteiger partial charge in [0.1, 0.15) is 92.6 Å². The Morgan fingerprint density at radius 3 is 1.02 bits per heavy atom. The van der Waals surface area contributed by atoms with E-state index < -0.39 is 162 Å². The maximum atomic E-state index is 14.9. The summed E-state index contributed by atoms with van der Waals surface area (Å²) in [6.07, 6.45) is 30.5. The number of aliphatic hydroxyl groups is 9. The van der Waals surface area contributed by atoms with Crippen molar-refractivity contribution < 1.29 is 122 Å². The molecule has 0 radical (unpaired) electrons. The van der Waals surface area contributed by atoms with E-state index in [1.807, 2.05) is 0 Å². The van der Waals surface area contributed by atoms with Crippen LogP contribution < -0.4 is 0 Å². The highest BCUT2D eigenvalue weighted by molar-refractivity contribution is 7.47. The average Bonchev–Trinajstić information content (AvgIpc) is 0.723. The SMILES string of the molecule is CCCCCC/C=C\CCCCCCCCCC(=O)OCC1OC(OC2C(OC(=O)CCCCCCCCCCCCCCC)C(O)C(O)C(OC3OC(CO)C(O)C(O)C3O)C2OP(=O)(O)OCC(COC(=O)CCCCCCCCCCCCCCCCCC)OC(=O)CCCCCCCCCCCCCCCCC)C(O)C(O)C1O. The van der Waals surface area contributed by atoms with Gasteiger partial charge in [-0.05, 0) is 51.4 Å². The van der Waals surface area contributed by atoms with Crippen LogP contribution in [0.15, 0.2) is 12.2 Å². The Morgan fingerprint density at radius 1 is 0.331 bits per heavy atom. The summed E-state index contributed by atoms with van der Waals surface area (Å²) >= 11 is 0. The fourth-order valence-electron chi connectivity index (χ4n) is 15.9. The molecule has 25 nitrogen and oxygen atoms in total. The predicted molar refractivity (Wildman–Crippen MR) is 458 cm³/mol. The standard InChI is InChI=1S/C92H171O25P/c1-5-9-13-17-21-25-29-33-36-39-42-44-48-52-56-60-64-75(94)108-69-72(111-77(96)66-62-58-54-50-47-43-38-35-31-27-23-19-15-11-7-3)70-110-118(106,107)117-90-88(115-91-85(104)81(100)79(98)73(68-93)112-91)84(103)83(102)87(114-78(97)67-63-59-55-51-46-40-32-28-24-20-16-12-8-4)89(90)116-92-86(105)82(101)80(99)74(113-92)71-109-76(95)65-61-57-53-49-45-41-37-34-30-26-22-18-14-10-6-2/h26,30,72-74,79-93,98-105H,5-25,27-29,31-71H2,1-4H3,(H,106,107)/b30-26-. The zero-order valence-electron chi connectivity index (χ0n) is 74.0. The van der Waals surface area contributed by atoms with E-state index in [2.05, 4.69) is 39.8 Å². The van der Waals surface area contributed by atoms with Crippen LogP contribution in [0.3, 0.4) is 0 Å². The van der Waals surface area contributed by atoms with Crippen molar-refractivity contribution in [3.63, 3.8) is 0 Å². The number of esters is 4. The van der Waals surface area contributed by atoms with Gasteiger partial charge in [-0.15, -0.1) is 0 Å². The van der Waals surface area contributed by atoms with Crippen LogP contribution in [-0.2, 0) is 70.7 Å². The van der Waals surface area contributed by atoms with Gasteiger partial charge in [-0.3, -0.25) is 28.2 Å². The Balaban J connectivity index is 1.90. The number of hydrogen-bond acceptors (Lipinski definition) is 24. The van der Waals surface area contributed by atoms with Gasteiger partial charge in [-0.25, -0.2) is 4.57 Å². The minimum Gasteiger partial charge on any atom is -0.463 e. The molecule has 26 heteroatoms. The molecule has 0 aromatic heterocycles. The number of unbranched alkanes of at least 4 members (excludes halogenated alkanes) is 52. The van der Waals surface area contributed by atoms with Crippen molar-refractivity contribution >= 4 is 31.7 Å². The fraction of sp³-hybridized carbons (Fsp3) is 0.935. The second-order valence-corrected chi connectivity index (χ2v) is 35.6. The van der Waals surface area contributed by atoms with Gasteiger partial charge in [0.25, 0.3) is 0 Å². The summed E-state index contributed by atoms with van der Waals surface area (Å²) < 4.78 is 73.5. The van der Waals surface area contributed by atoms with E-state index in [0.29, 0.717) is 32.1 Å². The third kappa shape index (κ3) is 51.0. The normalized spacial score (nSPS) is 24.9. The number of allylic oxidation sites excluding steroid dienone is 2. The number of ether oxygens (including phenoxy) is 8. The molecule has 2 heterocycles. The molecule has 1 aliphatic carbocycles. The molecule has 0 amide bonds. The van der Waals surface area contributed by atoms with Crippen LogP contribution in [0.25, 0.3) is 0 Å². The van der Waals surface area contributed by atoms with Gasteiger partial charge in [-0.2, -0.15) is 0 Å². The Hall–Kier alpha value is -2.79. The van der Waals surface area contributed by atoms with Crippen molar-refractivity contribution in [2.24, 2.45) is 0 Å². The molecule has 118 heavy (non-hydrogen) atoms. The number of aliphatic hydroxyl groups excluding tert-OH is 9. The van der Waals surface area contributed by atoms with Crippen LogP contribution in [0.5, 0.6) is 0 Å². The van der Waals surface area contributed by atoms with Gasteiger partial charge in [-0.1, -0.05) is 354 Å². The molecule has 694 valence electrons. The van der Waals surface area contributed by atoms with Crippen molar-refractivity contribution in [1.82, 2.24) is 0 Å². The fourth-order valence-corrected chi connectivity index (χ4v) is 16.9. The minimum atomic E-state index is -5.80. The summed E-state index contributed by atoms with van der Waals surface area (Å²) in [6.45, 7) is 5.61. The van der Waals surface area contributed by atoms with Crippen LogP contribution in [0, 0.1) is 0 Å². The summed E-state index contributed by atoms with van der Waals surface area (Å²) in [4.78, 5) is 66.5. The van der Waals surface area contributed by atoms with Gasteiger partial charge in [0, 0.05) is 25.7 Å². The summed E-state index contributed by atoms with van der Waals surface area (Å²) in [5, 5.41) is 102. The summed E-state index contributed by atoms with van der Waals surface area (Å²) in [5.74, 6) is -2.95. The third-order valence-corrected chi connectivity index (χ3v) is 24.5. The molecule has 10 N–H and O–H groups in total. The molecule has 2 aliphatic heterocycles. The molecular weight excluding hydrogens is 1540 g/mol. The lowest BCUT2D eigenvalue weighted by molar-refractivity contribution is -0.360. The number of rotatable bonds is 78. The van der Waals surface area contributed by atoms with E-state index in [1.165, 1.54) is 186 Å². The quantitative estimate of drug-likeness (QED) is 0.00889. The summed E-state index contributed by atoms with van der Waals surface area (Å²) in [5.41, 5.74) is 0. The first kappa shape index (κ1) is 109. The molecule has 2 saturated heterocycles. The number of phosphoric ester groups is 1. The van der Waals surface area contributed by atoms with E-state index in [9.17, 15) is 74.6 Å². The topological polar surface area (TPSA) is 380 Å². The Labute approximate surface area is 712 Å². The summed E-state index contributed by atoms with van der Waals surface area (Å²) in [6, 6.07) is 0. The zero-order valence-corrected chi connectivity index (χ0v) is 74.9. The smallest absolute Gasteiger partial charge is 0.463 e. The highest BCUT2D eigenvalue weighted by Gasteiger charge is 2.60. The van der Waals surface area contributed by atoms with Gasteiger partial charge in [0.15, 0.2) is 24.8 Å². The molecule has 18 unspecified atom stereocenters. The molecule has 3 fully saturated rings. The van der Waals surface area contributed by atoms with Crippen molar-refractivity contribution in [1.29, 1.82) is 0 Å². The minimum absolute atomic E-state index is 0.0112. The lowest BCUT2D eigenvalue weighted by atomic mass is 9.84. The van der Waals surface area contributed by atoms with Crippen molar-refractivity contribution in [3.8, 4) is 0 Å². The molecule has 0 spiro atoms. The number of hydrogen-bond donors (Lipinski definition) is 10. The van der Waals surface area contributed by atoms with E-state index in [0.717, 1.165) is 148 Å². The van der Waals surface area contributed by atoms with Crippen molar-refractivity contribution in [2.45, 2.75) is 524 Å². The zero-order chi connectivity index (χ0) is 86.1. The van der Waals surface area contributed by atoms with Crippen LogP contribution in [0.1, 0.15) is 419 Å². The van der Waals surface area contributed by atoms with E-state index >= 15 is 0 Å². The molecule has 0 aromatic rings. The van der Waals surface area contributed by atoms with Crippen LogP contribution in [0.4, 0.5) is 0 Å². The van der Waals surface area contributed by atoms with Gasteiger partial charge in [0.2, 0.25) is 0 Å². The van der Waals surface area contributed by atoms with Crippen molar-refractivity contribution in [3.05, 3.63) is 12.2 Å². The maximum absolute atomic E-state index is 14.9. The number of carbonyl (C=O) groups excluding carboxylic acids is 4. The van der Waals surface area contributed by atoms with E-state index in [-0.39, 0.29) is 25.7 Å². The highest BCUT2D eigenvalue weighted by atomic mass is 31.2. The lowest BCUT2D eigenvalue weighted by Crippen LogP contribution is -2.70. The van der Waals surface area contributed by atoms with E-state index in [1.54, 1.807) is 0 Å². The van der Waals surface area contributed by atoms with Gasteiger partial charge in [0.05, 0.1) is 13.2 Å². The molecule has 3 aliphatic rings. The first-order chi connectivity index (χ1) is 57.2. The average molecular weight is 1710 g/mol. The summed E-state index contributed by atoms with van der Waals surface area (Å²) in [7, 11) is -5.80. The number of phosphoric acid groups is 1. The Kier molecular flexibility index (Phi) is 66.2. The largest absolute Gasteiger partial charge is 0.472 e. The molecule has 0 aromatic carbocycles. The molecule has 0 bridgehead atoms. The van der Waals surface area contributed by atoms with Gasteiger partial charge < -0.3 is 88.7 Å². The predicted octanol–water partition coefficient (Wildman–Crippen LogP) is 17.9. The second kappa shape index (κ2) is 71.4. The first-order valence-electron chi connectivity index (χ1n) is 47.9. The van der Waals surface area contributed by atoms with Crippen LogP contribution >= 0.6 is 7.82 Å². The molecular formula is C92H171O25P. The first-order valence-corrected chi connectivity index (χ1v) is 49.4. The molecule has 18 atom stereocenters. The number of carbonyl (C=O) groups is 4. The van der Waals surface area contributed by atoms with Crippen molar-refractivity contribution in [2.75, 3.05) is 26.4 Å². The lowest BCUT2D eigenvalue weighted by Gasteiger charge is -2.50. The Bertz CT molecular complexity index is 2500. The third-order valence-electron chi connectivity index (χ3n) is 23.5. The molecule has 1 saturated carbocycles. The van der Waals surface area contributed by atoms with Crippen LogP contribution in [-0.4, -0.2) is 205 Å². The maximum Gasteiger partial charge on any atom is 0.472 e. The van der Waals surface area contributed by atoms with Gasteiger partial charge >= 0.3 is 31.7 Å². The highest BCUT2D eigenvalue weighted by Crippen LogP contribution is 2.49. The monoisotopic (exact) mass is 1710 g/mol. The molecule has 3 rings (SSSR count). The second-order valence-electron chi connectivity index (χ2n) is 34.2. The van der Waals surface area contributed by atoms with Crippen LogP contribution in [0.2, 0.25) is 0 Å². The van der Waals surface area contributed by atoms with E-state index in [4.69, 9.17) is 46.9 Å².